The van der Waals surface area contributed by atoms with Crippen LogP contribution in [0.15, 0.2) is 48.7 Å². The summed E-state index contributed by atoms with van der Waals surface area (Å²) in [6.07, 6.45) is 2.47. The van der Waals surface area contributed by atoms with Crippen LogP contribution in [0.5, 0.6) is 0 Å². The molecule has 0 spiro atoms. The van der Waals surface area contributed by atoms with Gasteiger partial charge >= 0.3 is 0 Å². The van der Waals surface area contributed by atoms with Crippen LogP contribution in [0.2, 0.25) is 0 Å². The lowest BCUT2D eigenvalue weighted by Crippen LogP contribution is -2.26. The highest BCUT2D eigenvalue weighted by Gasteiger charge is 2.11. The number of anilines is 2. The smallest absolute Gasteiger partial charge is 0.0672 e. The normalized spacial score (nSPS) is 12.4. The Morgan fingerprint density at radius 2 is 2.05 bits per heavy atom. The molecule has 2 aromatic carbocycles. The van der Waals surface area contributed by atoms with E-state index in [1.165, 1.54) is 5.56 Å². The fourth-order valence-electron chi connectivity index (χ4n) is 2.41. The number of nitrogen functional groups attached to an aromatic ring is 1. The van der Waals surface area contributed by atoms with E-state index in [1.807, 2.05) is 42.5 Å². The van der Waals surface area contributed by atoms with Crippen molar-refractivity contribution in [3.8, 4) is 0 Å². The molecule has 1 unspecified atom stereocenters. The molecule has 1 atom stereocenters. The number of aromatic nitrogens is 2. The summed E-state index contributed by atoms with van der Waals surface area (Å²) in [6, 6.07) is 13.8. The van der Waals surface area contributed by atoms with E-state index in [0.717, 1.165) is 23.0 Å². The Morgan fingerprint density at radius 1 is 1.24 bits per heavy atom. The number of nitrogens with zero attached hydrogens (tertiary/aromatic N) is 1. The molecule has 0 radical (unpaired) electrons. The molecular weight excluding hydrogens is 264 g/mol. The highest BCUT2D eigenvalue weighted by molar-refractivity contribution is 5.88. The van der Waals surface area contributed by atoms with Crippen molar-refractivity contribution in [1.29, 1.82) is 0 Å². The molecule has 0 amide bonds. The summed E-state index contributed by atoms with van der Waals surface area (Å²) in [6.45, 7) is 0.0371. The maximum atomic E-state index is 9.59. The third kappa shape index (κ3) is 2.98. The number of fused-ring (bicyclic) bond motifs is 1. The number of hydrogen-bond acceptors (Lipinski definition) is 4. The first-order valence-corrected chi connectivity index (χ1v) is 6.90. The van der Waals surface area contributed by atoms with Gasteiger partial charge in [-0.3, -0.25) is 5.10 Å². The van der Waals surface area contributed by atoms with Crippen molar-refractivity contribution in [1.82, 2.24) is 10.2 Å². The van der Waals surface area contributed by atoms with Gasteiger partial charge in [-0.05, 0) is 24.1 Å². The molecule has 0 fully saturated rings. The van der Waals surface area contributed by atoms with Gasteiger partial charge in [0.1, 0.15) is 0 Å². The van der Waals surface area contributed by atoms with Crippen LogP contribution < -0.4 is 11.1 Å². The molecule has 21 heavy (non-hydrogen) atoms. The zero-order valence-electron chi connectivity index (χ0n) is 11.6. The van der Waals surface area contributed by atoms with Crippen molar-refractivity contribution < 1.29 is 5.11 Å². The topological polar surface area (TPSA) is 87.0 Å². The van der Waals surface area contributed by atoms with Crippen molar-refractivity contribution >= 4 is 22.3 Å². The maximum absolute atomic E-state index is 9.59. The molecule has 108 valence electrons. The number of H-pyrrole nitrogens is 1. The van der Waals surface area contributed by atoms with Gasteiger partial charge in [0.25, 0.3) is 0 Å². The SMILES string of the molecule is Nc1cc2cn[nH]c2cc1NC(CO)Cc1ccccc1. The van der Waals surface area contributed by atoms with Gasteiger partial charge in [-0.1, -0.05) is 30.3 Å². The Hall–Kier alpha value is -2.53. The van der Waals surface area contributed by atoms with Gasteiger partial charge in [-0.25, -0.2) is 0 Å². The van der Waals surface area contributed by atoms with Crippen LogP contribution in [0.25, 0.3) is 10.9 Å². The lowest BCUT2D eigenvalue weighted by molar-refractivity contribution is 0.274. The van der Waals surface area contributed by atoms with Crippen LogP contribution in [-0.4, -0.2) is 28.0 Å². The molecule has 1 heterocycles. The molecule has 3 aromatic rings. The molecule has 5 nitrogen and oxygen atoms in total. The Labute approximate surface area is 122 Å². The van der Waals surface area contributed by atoms with Gasteiger partial charge in [-0.15, -0.1) is 0 Å². The lowest BCUT2D eigenvalue weighted by atomic mass is 10.1. The van der Waals surface area contributed by atoms with Gasteiger partial charge < -0.3 is 16.2 Å². The Bertz CT molecular complexity index is 723. The molecule has 0 bridgehead atoms. The predicted molar refractivity (Wildman–Crippen MR) is 85.1 cm³/mol. The monoisotopic (exact) mass is 282 g/mol. The van der Waals surface area contributed by atoms with Crippen molar-refractivity contribution in [2.24, 2.45) is 0 Å². The number of aliphatic hydroxyl groups excluding tert-OH is 1. The second-order valence-electron chi connectivity index (χ2n) is 5.11. The van der Waals surface area contributed by atoms with Gasteiger partial charge in [0.15, 0.2) is 0 Å². The average Bonchev–Trinajstić information content (AvgIpc) is 2.95. The second-order valence-corrected chi connectivity index (χ2v) is 5.11. The van der Waals surface area contributed by atoms with Crippen LogP contribution in [0.1, 0.15) is 5.56 Å². The fraction of sp³-hybridized carbons (Fsp3) is 0.188. The van der Waals surface area contributed by atoms with Gasteiger partial charge in [0.05, 0.1) is 35.7 Å². The number of aromatic amines is 1. The summed E-state index contributed by atoms with van der Waals surface area (Å²) in [5.74, 6) is 0. The van der Waals surface area contributed by atoms with Crippen LogP contribution in [0, 0.1) is 0 Å². The van der Waals surface area contributed by atoms with E-state index in [-0.39, 0.29) is 12.6 Å². The van der Waals surface area contributed by atoms with E-state index in [1.54, 1.807) is 6.20 Å². The summed E-state index contributed by atoms with van der Waals surface area (Å²) in [5, 5.41) is 20.8. The first-order chi connectivity index (χ1) is 10.3. The quantitative estimate of drug-likeness (QED) is 0.540. The maximum Gasteiger partial charge on any atom is 0.0672 e. The number of rotatable bonds is 5. The molecule has 1 aromatic heterocycles. The van der Waals surface area contributed by atoms with Crippen LogP contribution in [0.4, 0.5) is 11.4 Å². The molecule has 0 aliphatic carbocycles. The van der Waals surface area contributed by atoms with Crippen LogP contribution in [0.3, 0.4) is 0 Å². The lowest BCUT2D eigenvalue weighted by Gasteiger charge is -2.19. The summed E-state index contributed by atoms with van der Waals surface area (Å²) in [4.78, 5) is 0. The van der Waals surface area contributed by atoms with E-state index < -0.39 is 0 Å². The largest absolute Gasteiger partial charge is 0.397 e. The summed E-state index contributed by atoms with van der Waals surface area (Å²) >= 11 is 0. The number of aliphatic hydroxyl groups is 1. The summed E-state index contributed by atoms with van der Waals surface area (Å²) < 4.78 is 0. The molecule has 0 aliphatic rings. The average molecular weight is 282 g/mol. The van der Waals surface area contributed by atoms with E-state index >= 15 is 0 Å². The molecule has 3 rings (SSSR count). The fourth-order valence-corrected chi connectivity index (χ4v) is 2.41. The highest BCUT2D eigenvalue weighted by Crippen LogP contribution is 2.25. The minimum atomic E-state index is -0.0879. The van der Waals surface area contributed by atoms with E-state index in [9.17, 15) is 5.11 Å². The van der Waals surface area contributed by atoms with Crippen LogP contribution in [-0.2, 0) is 6.42 Å². The molecule has 5 heteroatoms. The van der Waals surface area contributed by atoms with Crippen molar-refractivity contribution in [3.63, 3.8) is 0 Å². The first-order valence-electron chi connectivity index (χ1n) is 6.90. The Kier molecular flexibility index (Phi) is 3.75. The molecule has 0 aliphatic heterocycles. The summed E-state index contributed by atoms with van der Waals surface area (Å²) in [7, 11) is 0. The van der Waals surface area contributed by atoms with Crippen molar-refractivity contribution in [3.05, 3.63) is 54.2 Å². The number of benzene rings is 2. The van der Waals surface area contributed by atoms with Crippen molar-refractivity contribution in [2.45, 2.75) is 12.5 Å². The number of nitrogens with two attached hydrogens (primary N) is 1. The molecule has 0 saturated carbocycles. The third-order valence-electron chi connectivity index (χ3n) is 3.52. The number of nitrogens with one attached hydrogen (secondary N) is 2. The minimum Gasteiger partial charge on any atom is -0.397 e. The zero-order valence-corrected chi connectivity index (χ0v) is 11.6. The third-order valence-corrected chi connectivity index (χ3v) is 3.52. The molecular formula is C16H18N4O. The Morgan fingerprint density at radius 3 is 2.81 bits per heavy atom. The second kappa shape index (κ2) is 5.85. The molecule has 5 N–H and O–H groups in total. The minimum absolute atomic E-state index is 0.0371. The summed E-state index contributed by atoms with van der Waals surface area (Å²) in [5.41, 5.74) is 9.60. The van der Waals surface area contributed by atoms with E-state index in [0.29, 0.717) is 5.69 Å². The molecule has 0 saturated heterocycles. The number of hydrogen-bond donors (Lipinski definition) is 4. The van der Waals surface area contributed by atoms with Crippen LogP contribution >= 0.6 is 0 Å². The van der Waals surface area contributed by atoms with E-state index in [2.05, 4.69) is 15.5 Å². The zero-order chi connectivity index (χ0) is 14.7. The van der Waals surface area contributed by atoms with Gasteiger partial charge in [0.2, 0.25) is 0 Å². The highest BCUT2D eigenvalue weighted by atomic mass is 16.3. The predicted octanol–water partition coefficient (Wildman–Crippen LogP) is 2.16. The van der Waals surface area contributed by atoms with Gasteiger partial charge in [-0.2, -0.15) is 5.10 Å². The first kappa shape index (κ1) is 13.5. The standard InChI is InChI=1S/C16H18N4O/c17-14-7-12-9-18-20-15(12)8-16(14)19-13(10-21)6-11-4-2-1-3-5-11/h1-5,7-9,13,19,21H,6,10,17H2,(H,18,20). The Balaban J connectivity index is 1.80. The van der Waals surface area contributed by atoms with Gasteiger partial charge in [0, 0.05) is 5.39 Å². The van der Waals surface area contributed by atoms with E-state index in [4.69, 9.17) is 5.73 Å². The van der Waals surface area contributed by atoms with Crippen molar-refractivity contribution in [2.75, 3.05) is 17.7 Å².